The van der Waals surface area contributed by atoms with E-state index in [2.05, 4.69) is 10.6 Å². The molecule has 32 heavy (non-hydrogen) atoms. The topological polar surface area (TPSA) is 68.8 Å². The minimum Gasteiger partial charge on any atom is -0.497 e. The summed E-state index contributed by atoms with van der Waals surface area (Å²) in [6, 6.07) is 13.2. The van der Waals surface area contributed by atoms with Gasteiger partial charge in [0.2, 0.25) is 0 Å². The number of methoxy groups -OCH3 is 2. The standard InChI is InChI=1S/C25H28N2O4S/c1-4-31-21-10-6-5-9-19(21)27-24(28)23-18-8-7-11-22(18)32-25(23)26-15-16-14-17(29-2)12-13-20(16)30-3/h5-6,9-10,12-14,26H,4,7-8,11,15H2,1-3H3,(H,27,28). The van der Waals surface area contributed by atoms with Gasteiger partial charge in [-0.2, -0.15) is 0 Å². The quantitative estimate of drug-likeness (QED) is 0.448. The molecule has 0 radical (unpaired) electrons. The number of amides is 1. The largest absolute Gasteiger partial charge is 0.497 e. The van der Waals surface area contributed by atoms with Crippen molar-refractivity contribution in [2.24, 2.45) is 0 Å². The number of ether oxygens (including phenoxy) is 3. The van der Waals surface area contributed by atoms with Crippen molar-refractivity contribution in [1.29, 1.82) is 0 Å². The van der Waals surface area contributed by atoms with Gasteiger partial charge in [-0.3, -0.25) is 4.79 Å². The molecule has 0 saturated carbocycles. The van der Waals surface area contributed by atoms with Gasteiger partial charge in [0.15, 0.2) is 0 Å². The third-order valence-corrected chi connectivity index (χ3v) is 6.76. The highest BCUT2D eigenvalue weighted by Gasteiger charge is 2.27. The second-order valence-corrected chi connectivity index (χ2v) is 8.58. The first kappa shape index (κ1) is 22.0. The van der Waals surface area contributed by atoms with Crippen LogP contribution in [0, 0.1) is 0 Å². The number of anilines is 2. The number of thiophene rings is 1. The third-order valence-electron chi connectivity index (χ3n) is 5.51. The van der Waals surface area contributed by atoms with E-state index in [9.17, 15) is 4.79 Å². The molecular weight excluding hydrogens is 424 g/mol. The van der Waals surface area contributed by atoms with Crippen molar-refractivity contribution in [2.75, 3.05) is 31.5 Å². The van der Waals surface area contributed by atoms with E-state index in [1.807, 2.05) is 49.4 Å². The van der Waals surface area contributed by atoms with Crippen molar-refractivity contribution in [3.8, 4) is 17.2 Å². The third kappa shape index (κ3) is 4.53. The molecule has 1 aliphatic rings. The first-order chi connectivity index (χ1) is 15.6. The maximum Gasteiger partial charge on any atom is 0.259 e. The van der Waals surface area contributed by atoms with Crippen LogP contribution in [0.15, 0.2) is 42.5 Å². The molecular formula is C25H28N2O4S. The van der Waals surface area contributed by atoms with Gasteiger partial charge in [-0.15, -0.1) is 11.3 Å². The molecule has 2 aromatic carbocycles. The Kier molecular flexibility index (Phi) is 6.85. The summed E-state index contributed by atoms with van der Waals surface area (Å²) in [4.78, 5) is 14.7. The van der Waals surface area contributed by atoms with Crippen LogP contribution < -0.4 is 24.8 Å². The van der Waals surface area contributed by atoms with E-state index in [1.165, 1.54) is 4.88 Å². The van der Waals surface area contributed by atoms with Gasteiger partial charge in [0.05, 0.1) is 32.1 Å². The van der Waals surface area contributed by atoms with E-state index < -0.39 is 0 Å². The van der Waals surface area contributed by atoms with Gasteiger partial charge in [-0.1, -0.05) is 12.1 Å². The molecule has 1 amide bonds. The predicted octanol–water partition coefficient (Wildman–Crippen LogP) is 5.52. The van der Waals surface area contributed by atoms with Crippen molar-refractivity contribution in [3.05, 3.63) is 64.0 Å². The van der Waals surface area contributed by atoms with Gasteiger partial charge in [0.25, 0.3) is 5.91 Å². The summed E-state index contributed by atoms with van der Waals surface area (Å²) in [5, 5.41) is 7.43. The fraction of sp³-hybridized carbons (Fsp3) is 0.320. The number of benzene rings is 2. The Labute approximate surface area is 192 Å². The average Bonchev–Trinajstić information content (AvgIpc) is 3.39. The molecule has 7 heteroatoms. The summed E-state index contributed by atoms with van der Waals surface area (Å²) in [6.45, 7) is 2.99. The Bertz CT molecular complexity index is 1110. The second kappa shape index (κ2) is 9.96. The lowest BCUT2D eigenvalue weighted by molar-refractivity contribution is 0.102. The molecule has 6 nitrogen and oxygen atoms in total. The fourth-order valence-electron chi connectivity index (χ4n) is 4.00. The first-order valence-electron chi connectivity index (χ1n) is 10.8. The minimum absolute atomic E-state index is 0.114. The van der Waals surface area contributed by atoms with Crippen LogP contribution >= 0.6 is 11.3 Å². The Morgan fingerprint density at radius 2 is 1.91 bits per heavy atom. The smallest absolute Gasteiger partial charge is 0.259 e. The zero-order valence-electron chi connectivity index (χ0n) is 18.6. The van der Waals surface area contributed by atoms with Crippen LogP contribution in [-0.4, -0.2) is 26.7 Å². The number of aryl methyl sites for hydroxylation is 1. The molecule has 1 heterocycles. The molecule has 0 aliphatic heterocycles. The minimum atomic E-state index is -0.114. The molecule has 0 bridgehead atoms. The van der Waals surface area contributed by atoms with Crippen LogP contribution in [0.1, 0.15) is 39.7 Å². The molecule has 4 rings (SSSR count). The average molecular weight is 453 g/mol. The number of hydrogen-bond donors (Lipinski definition) is 2. The Morgan fingerprint density at radius 3 is 2.69 bits per heavy atom. The highest BCUT2D eigenvalue weighted by atomic mass is 32.1. The van der Waals surface area contributed by atoms with Crippen molar-refractivity contribution < 1.29 is 19.0 Å². The zero-order valence-corrected chi connectivity index (χ0v) is 19.4. The molecule has 0 unspecified atom stereocenters. The number of carbonyl (C=O) groups excluding carboxylic acids is 1. The summed E-state index contributed by atoms with van der Waals surface area (Å²) >= 11 is 1.67. The summed E-state index contributed by atoms with van der Waals surface area (Å²) in [6.07, 6.45) is 3.02. The molecule has 0 saturated heterocycles. The molecule has 0 fully saturated rings. The van der Waals surface area contributed by atoms with E-state index in [0.29, 0.717) is 24.6 Å². The Morgan fingerprint density at radius 1 is 1.06 bits per heavy atom. The monoisotopic (exact) mass is 452 g/mol. The van der Waals surface area contributed by atoms with Gasteiger partial charge in [-0.05, 0) is 62.1 Å². The second-order valence-electron chi connectivity index (χ2n) is 7.48. The molecule has 3 aromatic rings. The number of rotatable bonds is 9. The molecule has 168 valence electrons. The van der Waals surface area contributed by atoms with Gasteiger partial charge in [-0.25, -0.2) is 0 Å². The summed E-state index contributed by atoms with van der Waals surface area (Å²) in [7, 11) is 3.30. The Balaban J connectivity index is 1.60. The fourth-order valence-corrected chi connectivity index (χ4v) is 5.28. The molecule has 2 N–H and O–H groups in total. The van der Waals surface area contributed by atoms with E-state index >= 15 is 0 Å². The van der Waals surface area contributed by atoms with Crippen molar-refractivity contribution in [1.82, 2.24) is 0 Å². The van der Waals surface area contributed by atoms with Crippen LogP contribution in [0.5, 0.6) is 17.2 Å². The Hall–Kier alpha value is -3.19. The summed E-state index contributed by atoms with van der Waals surface area (Å²) < 4.78 is 16.5. The zero-order chi connectivity index (χ0) is 22.5. The predicted molar refractivity (Wildman–Crippen MR) is 129 cm³/mol. The van der Waals surface area contributed by atoms with Crippen LogP contribution in [0.4, 0.5) is 10.7 Å². The normalized spacial score (nSPS) is 12.2. The van der Waals surface area contributed by atoms with Crippen LogP contribution in [0.25, 0.3) is 0 Å². The maximum atomic E-state index is 13.4. The molecule has 0 spiro atoms. The number of para-hydroxylation sites is 2. The van der Waals surface area contributed by atoms with Crippen molar-refractivity contribution in [3.63, 3.8) is 0 Å². The highest BCUT2D eigenvalue weighted by Crippen LogP contribution is 2.40. The molecule has 1 aliphatic carbocycles. The van der Waals surface area contributed by atoms with Crippen LogP contribution in [0.2, 0.25) is 0 Å². The van der Waals surface area contributed by atoms with Crippen molar-refractivity contribution in [2.45, 2.75) is 32.7 Å². The van der Waals surface area contributed by atoms with Crippen LogP contribution in [-0.2, 0) is 19.4 Å². The maximum absolute atomic E-state index is 13.4. The molecule has 0 atom stereocenters. The lowest BCUT2D eigenvalue weighted by Crippen LogP contribution is -2.16. The lowest BCUT2D eigenvalue weighted by Gasteiger charge is -2.14. The molecule has 1 aromatic heterocycles. The van der Waals surface area contributed by atoms with E-state index in [1.54, 1.807) is 25.6 Å². The number of nitrogens with one attached hydrogen (secondary N) is 2. The van der Waals surface area contributed by atoms with Crippen LogP contribution in [0.3, 0.4) is 0 Å². The SMILES string of the molecule is CCOc1ccccc1NC(=O)c1c(NCc2cc(OC)ccc2OC)sc2c1CCC2. The van der Waals surface area contributed by atoms with Gasteiger partial charge < -0.3 is 24.8 Å². The van der Waals surface area contributed by atoms with E-state index in [-0.39, 0.29) is 5.91 Å². The van der Waals surface area contributed by atoms with Gasteiger partial charge in [0, 0.05) is 17.0 Å². The van der Waals surface area contributed by atoms with Gasteiger partial charge in [0.1, 0.15) is 22.2 Å². The van der Waals surface area contributed by atoms with Gasteiger partial charge >= 0.3 is 0 Å². The van der Waals surface area contributed by atoms with Crippen molar-refractivity contribution >= 4 is 27.9 Å². The number of fused-ring (bicyclic) bond motifs is 1. The summed E-state index contributed by atoms with van der Waals surface area (Å²) in [5.74, 6) is 2.10. The van der Waals surface area contributed by atoms with E-state index in [4.69, 9.17) is 14.2 Å². The highest BCUT2D eigenvalue weighted by molar-refractivity contribution is 7.16. The van der Waals surface area contributed by atoms with E-state index in [0.717, 1.165) is 52.5 Å². The number of carbonyl (C=O) groups is 1. The lowest BCUT2D eigenvalue weighted by atomic mass is 10.1. The first-order valence-corrected chi connectivity index (χ1v) is 11.6. The summed E-state index contributed by atoms with van der Waals surface area (Å²) in [5.41, 5.74) is 3.53. The number of hydrogen-bond acceptors (Lipinski definition) is 6.